The summed E-state index contributed by atoms with van der Waals surface area (Å²) in [5.41, 5.74) is 4.47. The summed E-state index contributed by atoms with van der Waals surface area (Å²) in [6.07, 6.45) is 2.38. The molecule has 2 unspecified atom stereocenters. The summed E-state index contributed by atoms with van der Waals surface area (Å²) in [7, 11) is 1.87. The van der Waals surface area contributed by atoms with Crippen LogP contribution >= 0.6 is 0 Å². The molecule has 0 bridgehead atoms. The third kappa shape index (κ3) is 3.77. The smallest absolute Gasteiger partial charge is 0.324 e. The second kappa shape index (κ2) is 4.92. The predicted molar refractivity (Wildman–Crippen MR) is 56.7 cm³/mol. The van der Waals surface area contributed by atoms with E-state index in [1.165, 1.54) is 6.92 Å². The summed E-state index contributed by atoms with van der Waals surface area (Å²) in [6, 6.07) is 0. The molecule has 5 nitrogen and oxygen atoms in total. The third-order valence-electron chi connectivity index (χ3n) is 2.63. The largest absolute Gasteiger partial charge is 0.480 e. The van der Waals surface area contributed by atoms with E-state index in [0.29, 0.717) is 6.54 Å². The molecule has 3 N–H and O–H groups in total. The number of rotatable bonds is 5. The maximum absolute atomic E-state index is 10.8. The van der Waals surface area contributed by atoms with Crippen molar-refractivity contribution in [2.45, 2.75) is 31.4 Å². The van der Waals surface area contributed by atoms with Crippen LogP contribution in [-0.2, 0) is 9.53 Å². The van der Waals surface area contributed by atoms with E-state index in [1.807, 2.05) is 11.9 Å². The molecular formula is C10H20N2O3. The molecule has 0 radical (unpaired) electrons. The molecule has 0 spiro atoms. The highest BCUT2D eigenvalue weighted by Crippen LogP contribution is 2.13. The van der Waals surface area contributed by atoms with E-state index in [4.69, 9.17) is 15.6 Å². The van der Waals surface area contributed by atoms with E-state index in [0.717, 1.165) is 26.0 Å². The first-order valence-electron chi connectivity index (χ1n) is 5.24. The Morgan fingerprint density at radius 2 is 2.40 bits per heavy atom. The second-order valence-corrected chi connectivity index (χ2v) is 4.55. The van der Waals surface area contributed by atoms with Gasteiger partial charge < -0.3 is 20.5 Å². The number of hydrogen-bond acceptors (Lipinski definition) is 4. The first-order valence-corrected chi connectivity index (χ1v) is 5.24. The second-order valence-electron chi connectivity index (χ2n) is 4.55. The Morgan fingerprint density at radius 1 is 1.73 bits per heavy atom. The fraction of sp³-hybridized carbons (Fsp3) is 0.900. The van der Waals surface area contributed by atoms with E-state index >= 15 is 0 Å². The van der Waals surface area contributed by atoms with E-state index in [2.05, 4.69) is 0 Å². The number of carboxylic acid groups (broad SMARTS) is 1. The van der Waals surface area contributed by atoms with Crippen LogP contribution in [0.5, 0.6) is 0 Å². The number of carboxylic acids is 1. The van der Waals surface area contributed by atoms with Gasteiger partial charge in [-0.3, -0.25) is 4.79 Å². The maximum Gasteiger partial charge on any atom is 0.324 e. The molecule has 0 aromatic heterocycles. The zero-order valence-corrected chi connectivity index (χ0v) is 9.40. The lowest BCUT2D eigenvalue weighted by molar-refractivity contribution is -0.143. The van der Waals surface area contributed by atoms with Crippen molar-refractivity contribution in [3.05, 3.63) is 0 Å². The lowest BCUT2D eigenvalue weighted by Gasteiger charge is -2.27. The summed E-state index contributed by atoms with van der Waals surface area (Å²) < 4.78 is 5.47. The monoisotopic (exact) mass is 216 g/mol. The Kier molecular flexibility index (Phi) is 4.07. The van der Waals surface area contributed by atoms with Crippen LogP contribution in [0.4, 0.5) is 0 Å². The Balaban J connectivity index is 2.34. The number of aliphatic carboxylic acids is 1. The van der Waals surface area contributed by atoms with Crippen LogP contribution in [0.1, 0.15) is 19.8 Å². The van der Waals surface area contributed by atoms with Gasteiger partial charge in [-0.05, 0) is 26.8 Å². The Bertz CT molecular complexity index is 225. The molecule has 0 aliphatic carbocycles. The summed E-state index contributed by atoms with van der Waals surface area (Å²) in [6.45, 7) is 3.43. The van der Waals surface area contributed by atoms with Crippen LogP contribution in [0.3, 0.4) is 0 Å². The van der Waals surface area contributed by atoms with Gasteiger partial charge in [-0.2, -0.15) is 0 Å². The molecule has 5 heteroatoms. The van der Waals surface area contributed by atoms with Crippen molar-refractivity contribution in [1.82, 2.24) is 4.90 Å². The number of carbonyl (C=O) groups is 1. The lowest BCUT2D eigenvalue weighted by atomic mass is 10.0. The topological polar surface area (TPSA) is 75.8 Å². The first kappa shape index (κ1) is 12.4. The molecule has 1 saturated heterocycles. The van der Waals surface area contributed by atoms with Crippen molar-refractivity contribution in [3.8, 4) is 0 Å². The number of nitrogens with zero attached hydrogens (tertiary/aromatic N) is 1. The summed E-state index contributed by atoms with van der Waals surface area (Å²) in [4.78, 5) is 12.7. The molecular weight excluding hydrogens is 196 g/mol. The highest BCUT2D eigenvalue weighted by molar-refractivity contribution is 5.78. The van der Waals surface area contributed by atoms with Gasteiger partial charge in [-0.15, -0.1) is 0 Å². The zero-order chi connectivity index (χ0) is 11.5. The normalized spacial score (nSPS) is 25.5. The fourth-order valence-corrected chi connectivity index (χ4v) is 1.83. The van der Waals surface area contributed by atoms with E-state index in [9.17, 15) is 4.79 Å². The number of ether oxygens (including phenoxy) is 1. The van der Waals surface area contributed by atoms with Gasteiger partial charge in [0.15, 0.2) is 0 Å². The molecule has 0 amide bonds. The first-order chi connectivity index (χ1) is 6.92. The van der Waals surface area contributed by atoms with Crippen LogP contribution in [-0.4, -0.2) is 54.4 Å². The maximum atomic E-state index is 10.8. The van der Waals surface area contributed by atoms with Gasteiger partial charge in [-0.25, -0.2) is 0 Å². The van der Waals surface area contributed by atoms with Crippen molar-refractivity contribution >= 4 is 5.97 Å². The molecule has 1 aliphatic heterocycles. The minimum absolute atomic E-state index is 0.236. The summed E-state index contributed by atoms with van der Waals surface area (Å²) in [5, 5.41) is 8.87. The van der Waals surface area contributed by atoms with Crippen molar-refractivity contribution < 1.29 is 14.6 Å². The third-order valence-corrected chi connectivity index (χ3v) is 2.63. The molecule has 15 heavy (non-hydrogen) atoms. The van der Waals surface area contributed by atoms with Crippen molar-refractivity contribution in [3.63, 3.8) is 0 Å². The minimum atomic E-state index is -1.19. The Labute approximate surface area is 90.2 Å². The molecule has 2 atom stereocenters. The predicted octanol–water partition coefficient (Wildman–Crippen LogP) is -0.101. The van der Waals surface area contributed by atoms with Gasteiger partial charge >= 0.3 is 5.97 Å². The average molecular weight is 216 g/mol. The fourth-order valence-electron chi connectivity index (χ4n) is 1.83. The molecule has 0 saturated carbocycles. The van der Waals surface area contributed by atoms with Gasteiger partial charge in [0.1, 0.15) is 5.54 Å². The number of nitrogens with two attached hydrogens (primary N) is 1. The zero-order valence-electron chi connectivity index (χ0n) is 9.40. The van der Waals surface area contributed by atoms with Crippen LogP contribution in [0.25, 0.3) is 0 Å². The van der Waals surface area contributed by atoms with Gasteiger partial charge in [0.2, 0.25) is 0 Å². The minimum Gasteiger partial charge on any atom is -0.480 e. The summed E-state index contributed by atoms with van der Waals surface area (Å²) in [5.74, 6) is -0.971. The lowest BCUT2D eigenvalue weighted by Crippen LogP contribution is -2.53. The molecule has 0 aromatic carbocycles. The van der Waals surface area contributed by atoms with Gasteiger partial charge in [0.05, 0.1) is 6.10 Å². The Morgan fingerprint density at radius 3 is 2.87 bits per heavy atom. The van der Waals surface area contributed by atoms with Crippen molar-refractivity contribution in [2.24, 2.45) is 5.73 Å². The van der Waals surface area contributed by atoms with Gasteiger partial charge in [0, 0.05) is 19.7 Å². The standard InChI is InChI=1S/C10H20N2O3/c1-10(11,9(13)14)7-12(2)6-8-4-3-5-15-8/h8H,3-7,11H2,1-2H3,(H,13,14). The summed E-state index contributed by atoms with van der Waals surface area (Å²) >= 11 is 0. The molecule has 1 heterocycles. The van der Waals surface area contributed by atoms with Gasteiger partial charge in [0.25, 0.3) is 0 Å². The average Bonchev–Trinajstić information content (AvgIpc) is 2.54. The number of likely N-dealkylation sites (N-methyl/N-ethyl adjacent to an activating group) is 1. The SMILES string of the molecule is CN(CC1CCCO1)CC(C)(N)C(=O)O. The number of hydrogen-bond donors (Lipinski definition) is 2. The highest BCUT2D eigenvalue weighted by Gasteiger charge is 2.30. The van der Waals surface area contributed by atoms with Crippen molar-refractivity contribution in [1.29, 1.82) is 0 Å². The quantitative estimate of drug-likeness (QED) is 0.671. The molecule has 1 aliphatic rings. The van der Waals surface area contributed by atoms with Crippen LogP contribution in [0.2, 0.25) is 0 Å². The molecule has 1 fully saturated rings. The van der Waals surface area contributed by atoms with Crippen LogP contribution in [0.15, 0.2) is 0 Å². The molecule has 0 aromatic rings. The van der Waals surface area contributed by atoms with Crippen LogP contribution < -0.4 is 5.73 Å². The van der Waals surface area contributed by atoms with Crippen LogP contribution in [0, 0.1) is 0 Å². The van der Waals surface area contributed by atoms with Gasteiger partial charge in [-0.1, -0.05) is 0 Å². The Hall–Kier alpha value is -0.650. The van der Waals surface area contributed by atoms with E-state index in [1.54, 1.807) is 0 Å². The van der Waals surface area contributed by atoms with Crippen molar-refractivity contribution in [2.75, 3.05) is 26.7 Å². The molecule has 88 valence electrons. The van der Waals surface area contributed by atoms with E-state index in [-0.39, 0.29) is 6.10 Å². The molecule has 1 rings (SSSR count). The highest BCUT2D eigenvalue weighted by atomic mass is 16.5. The van der Waals surface area contributed by atoms with E-state index < -0.39 is 11.5 Å².